The standard InChI is InChI=1S/C14H28N2S/c1-12(2)10-16-6-3-14(4-7-16)15-9-13-5-8-17-11-13/h12-15H,3-11H2,1-2H3. The van der Waals surface area contributed by atoms with Gasteiger partial charge in [-0.1, -0.05) is 13.8 Å². The molecule has 0 spiro atoms. The first-order valence-electron chi connectivity index (χ1n) is 7.27. The predicted molar refractivity (Wildman–Crippen MR) is 77.7 cm³/mol. The van der Waals surface area contributed by atoms with Crippen molar-refractivity contribution in [3.8, 4) is 0 Å². The van der Waals surface area contributed by atoms with Crippen molar-refractivity contribution >= 4 is 11.8 Å². The second-order valence-corrected chi connectivity index (χ2v) is 7.26. The van der Waals surface area contributed by atoms with Crippen LogP contribution in [0.25, 0.3) is 0 Å². The van der Waals surface area contributed by atoms with Crippen LogP contribution in [-0.4, -0.2) is 48.6 Å². The summed E-state index contributed by atoms with van der Waals surface area (Å²) in [5.74, 6) is 4.54. The lowest BCUT2D eigenvalue weighted by Gasteiger charge is -2.33. The average Bonchev–Trinajstić information content (AvgIpc) is 2.80. The van der Waals surface area contributed by atoms with Crippen molar-refractivity contribution in [1.82, 2.24) is 10.2 Å². The molecule has 0 saturated carbocycles. The first-order valence-corrected chi connectivity index (χ1v) is 8.43. The molecule has 2 rings (SSSR count). The van der Waals surface area contributed by atoms with Gasteiger partial charge in [0.05, 0.1) is 0 Å². The summed E-state index contributed by atoms with van der Waals surface area (Å²) in [7, 11) is 0. The van der Waals surface area contributed by atoms with Crippen LogP contribution in [0.1, 0.15) is 33.1 Å². The summed E-state index contributed by atoms with van der Waals surface area (Å²) in [4.78, 5) is 2.63. The van der Waals surface area contributed by atoms with Crippen molar-refractivity contribution in [3.63, 3.8) is 0 Å². The molecule has 0 aromatic carbocycles. The van der Waals surface area contributed by atoms with Crippen LogP contribution in [0.3, 0.4) is 0 Å². The maximum atomic E-state index is 3.80. The fourth-order valence-electron chi connectivity index (χ4n) is 2.91. The molecule has 2 heterocycles. The van der Waals surface area contributed by atoms with Crippen molar-refractivity contribution < 1.29 is 0 Å². The lowest BCUT2D eigenvalue weighted by Crippen LogP contribution is -2.44. The van der Waals surface area contributed by atoms with Crippen LogP contribution >= 0.6 is 11.8 Å². The summed E-state index contributed by atoms with van der Waals surface area (Å²) < 4.78 is 0. The highest BCUT2D eigenvalue weighted by Gasteiger charge is 2.21. The molecule has 2 saturated heterocycles. The largest absolute Gasteiger partial charge is 0.314 e. The van der Waals surface area contributed by atoms with Crippen molar-refractivity contribution in [2.45, 2.75) is 39.2 Å². The van der Waals surface area contributed by atoms with Gasteiger partial charge in [0, 0.05) is 12.6 Å². The average molecular weight is 256 g/mol. The highest BCUT2D eigenvalue weighted by molar-refractivity contribution is 7.99. The zero-order chi connectivity index (χ0) is 12.1. The van der Waals surface area contributed by atoms with Gasteiger partial charge < -0.3 is 10.2 Å². The molecule has 0 bridgehead atoms. The number of nitrogens with one attached hydrogen (secondary N) is 1. The Bertz CT molecular complexity index is 206. The summed E-state index contributed by atoms with van der Waals surface area (Å²) >= 11 is 2.13. The molecule has 2 nitrogen and oxygen atoms in total. The number of piperidine rings is 1. The minimum absolute atomic E-state index is 0.795. The topological polar surface area (TPSA) is 15.3 Å². The Balaban J connectivity index is 1.58. The van der Waals surface area contributed by atoms with Crippen molar-refractivity contribution in [2.24, 2.45) is 11.8 Å². The van der Waals surface area contributed by atoms with E-state index in [-0.39, 0.29) is 0 Å². The van der Waals surface area contributed by atoms with Crippen LogP contribution in [0.5, 0.6) is 0 Å². The van der Waals surface area contributed by atoms with Crippen LogP contribution in [-0.2, 0) is 0 Å². The van der Waals surface area contributed by atoms with E-state index in [4.69, 9.17) is 0 Å². The minimum Gasteiger partial charge on any atom is -0.314 e. The molecule has 2 fully saturated rings. The molecular weight excluding hydrogens is 228 g/mol. The number of nitrogens with zero attached hydrogens (tertiary/aromatic N) is 1. The third kappa shape index (κ3) is 4.80. The third-order valence-corrected chi connectivity index (χ3v) is 5.16. The normalized spacial score (nSPS) is 28.1. The maximum Gasteiger partial charge on any atom is 0.00915 e. The Morgan fingerprint density at radius 2 is 2.00 bits per heavy atom. The van der Waals surface area contributed by atoms with Gasteiger partial charge in [-0.25, -0.2) is 0 Å². The highest BCUT2D eigenvalue weighted by atomic mass is 32.2. The molecule has 1 unspecified atom stereocenters. The number of hydrogen-bond acceptors (Lipinski definition) is 3. The molecule has 2 aliphatic heterocycles. The van der Waals surface area contributed by atoms with Crippen LogP contribution in [0.2, 0.25) is 0 Å². The van der Waals surface area contributed by atoms with Crippen LogP contribution in [0.15, 0.2) is 0 Å². The Kier molecular flexibility index (Phi) is 5.64. The van der Waals surface area contributed by atoms with E-state index >= 15 is 0 Å². The van der Waals surface area contributed by atoms with Crippen molar-refractivity contribution in [2.75, 3.05) is 37.7 Å². The predicted octanol–water partition coefficient (Wildman–Crippen LogP) is 2.45. The quantitative estimate of drug-likeness (QED) is 0.813. The highest BCUT2D eigenvalue weighted by Crippen LogP contribution is 2.23. The monoisotopic (exact) mass is 256 g/mol. The molecule has 0 aliphatic carbocycles. The van der Waals surface area contributed by atoms with E-state index in [0.717, 1.165) is 17.9 Å². The number of hydrogen-bond donors (Lipinski definition) is 1. The summed E-state index contributed by atoms with van der Waals surface area (Å²) in [6.45, 7) is 9.79. The van der Waals surface area contributed by atoms with Gasteiger partial charge in [0.15, 0.2) is 0 Å². The fourth-order valence-corrected chi connectivity index (χ4v) is 4.20. The Labute approximate surface area is 111 Å². The number of rotatable bonds is 5. The molecule has 1 N–H and O–H groups in total. The summed E-state index contributed by atoms with van der Waals surface area (Å²) in [6.07, 6.45) is 4.14. The van der Waals surface area contributed by atoms with E-state index in [0.29, 0.717) is 0 Å². The third-order valence-electron chi connectivity index (χ3n) is 3.93. The Morgan fingerprint density at radius 3 is 2.59 bits per heavy atom. The van der Waals surface area contributed by atoms with Gasteiger partial charge in [0.2, 0.25) is 0 Å². The van der Waals surface area contributed by atoms with E-state index in [1.807, 2.05) is 0 Å². The second kappa shape index (κ2) is 7.01. The SMILES string of the molecule is CC(C)CN1CCC(NCC2CCSC2)CC1. The fraction of sp³-hybridized carbons (Fsp3) is 1.00. The van der Waals surface area contributed by atoms with E-state index in [1.165, 1.54) is 56.9 Å². The summed E-state index contributed by atoms with van der Waals surface area (Å²) in [5.41, 5.74) is 0. The molecule has 0 amide bonds. The lowest BCUT2D eigenvalue weighted by molar-refractivity contribution is 0.178. The molecule has 1 atom stereocenters. The van der Waals surface area contributed by atoms with E-state index in [2.05, 4.69) is 35.8 Å². The van der Waals surface area contributed by atoms with Crippen LogP contribution in [0, 0.1) is 11.8 Å². The first-order chi connectivity index (χ1) is 8.24. The lowest BCUT2D eigenvalue weighted by atomic mass is 10.0. The van der Waals surface area contributed by atoms with Gasteiger partial charge in [-0.2, -0.15) is 11.8 Å². The minimum atomic E-state index is 0.795. The summed E-state index contributed by atoms with van der Waals surface area (Å²) in [6, 6.07) is 0.795. The Hall–Kier alpha value is 0.270. The molecule has 2 aliphatic rings. The van der Waals surface area contributed by atoms with Gasteiger partial charge in [-0.3, -0.25) is 0 Å². The zero-order valence-corrected chi connectivity index (χ0v) is 12.3. The smallest absolute Gasteiger partial charge is 0.00915 e. The molecule has 100 valence electrons. The molecule has 0 radical (unpaired) electrons. The van der Waals surface area contributed by atoms with Gasteiger partial charge in [-0.05, 0) is 62.2 Å². The molecule has 0 aromatic heterocycles. The van der Waals surface area contributed by atoms with Crippen molar-refractivity contribution in [3.05, 3.63) is 0 Å². The zero-order valence-electron chi connectivity index (χ0n) is 11.5. The van der Waals surface area contributed by atoms with E-state index in [1.54, 1.807) is 0 Å². The second-order valence-electron chi connectivity index (χ2n) is 6.11. The van der Waals surface area contributed by atoms with Crippen molar-refractivity contribution in [1.29, 1.82) is 0 Å². The Morgan fingerprint density at radius 1 is 1.24 bits per heavy atom. The van der Waals surface area contributed by atoms with Gasteiger partial charge in [-0.15, -0.1) is 0 Å². The van der Waals surface area contributed by atoms with E-state index < -0.39 is 0 Å². The van der Waals surface area contributed by atoms with Crippen LogP contribution in [0.4, 0.5) is 0 Å². The van der Waals surface area contributed by atoms with Gasteiger partial charge >= 0.3 is 0 Å². The summed E-state index contributed by atoms with van der Waals surface area (Å²) in [5, 5.41) is 3.80. The van der Waals surface area contributed by atoms with Gasteiger partial charge in [0.1, 0.15) is 0 Å². The number of likely N-dealkylation sites (tertiary alicyclic amines) is 1. The van der Waals surface area contributed by atoms with E-state index in [9.17, 15) is 0 Å². The maximum absolute atomic E-state index is 3.80. The molecular formula is C14H28N2S. The molecule has 17 heavy (non-hydrogen) atoms. The van der Waals surface area contributed by atoms with Gasteiger partial charge in [0.25, 0.3) is 0 Å². The molecule has 3 heteroatoms. The molecule has 0 aromatic rings. The van der Waals surface area contributed by atoms with Crippen LogP contribution < -0.4 is 5.32 Å². The number of thioether (sulfide) groups is 1. The first kappa shape index (κ1) is 13.7.